The minimum atomic E-state index is 0.103. The summed E-state index contributed by atoms with van der Waals surface area (Å²) < 4.78 is 12.2. The molecule has 0 aliphatic heterocycles. The summed E-state index contributed by atoms with van der Waals surface area (Å²) in [5, 5.41) is 10.5. The standard InChI is InChI=1S/C26H48O3/c1-7-8-10-18(2)20(4)19(3)15-24(21(5)27)25-16-23(13-14-26(25)28-6)29-17-22-11-9-12-22/h18-20,22-27H,5,7-17H2,1-4,6H3. The third kappa shape index (κ3) is 7.28. The van der Waals surface area contributed by atoms with Crippen molar-refractivity contribution in [1.29, 1.82) is 0 Å². The zero-order chi connectivity index (χ0) is 21.4. The van der Waals surface area contributed by atoms with Crippen molar-refractivity contribution in [3.63, 3.8) is 0 Å². The van der Waals surface area contributed by atoms with Gasteiger partial charge in [0.05, 0.1) is 18.0 Å². The van der Waals surface area contributed by atoms with Gasteiger partial charge in [0.15, 0.2) is 0 Å². The molecule has 0 radical (unpaired) electrons. The third-order valence-corrected chi connectivity index (χ3v) is 8.26. The van der Waals surface area contributed by atoms with Crippen molar-refractivity contribution in [2.24, 2.45) is 35.5 Å². The summed E-state index contributed by atoms with van der Waals surface area (Å²) >= 11 is 0. The lowest BCUT2D eigenvalue weighted by Gasteiger charge is -2.41. The van der Waals surface area contributed by atoms with E-state index in [2.05, 4.69) is 34.3 Å². The van der Waals surface area contributed by atoms with Gasteiger partial charge < -0.3 is 14.6 Å². The molecule has 29 heavy (non-hydrogen) atoms. The smallest absolute Gasteiger partial charge is 0.0885 e. The van der Waals surface area contributed by atoms with Gasteiger partial charge in [0.25, 0.3) is 0 Å². The molecule has 7 atom stereocenters. The number of hydrogen-bond acceptors (Lipinski definition) is 3. The van der Waals surface area contributed by atoms with Gasteiger partial charge in [0, 0.05) is 19.6 Å². The number of unbranched alkanes of at least 4 members (excludes halogenated alkanes) is 1. The van der Waals surface area contributed by atoms with Crippen LogP contribution in [0.4, 0.5) is 0 Å². The summed E-state index contributed by atoms with van der Waals surface area (Å²) in [5.74, 6) is 3.47. The van der Waals surface area contributed by atoms with Crippen molar-refractivity contribution in [1.82, 2.24) is 0 Å². The number of allylic oxidation sites excluding steroid dienone is 1. The molecular weight excluding hydrogens is 360 g/mol. The molecule has 1 N–H and O–H groups in total. The molecule has 3 heteroatoms. The lowest BCUT2D eigenvalue weighted by Crippen LogP contribution is -2.40. The Morgan fingerprint density at radius 3 is 2.38 bits per heavy atom. The van der Waals surface area contributed by atoms with Crippen molar-refractivity contribution in [2.45, 2.75) is 104 Å². The van der Waals surface area contributed by atoms with Crippen LogP contribution in [-0.4, -0.2) is 31.0 Å². The summed E-state index contributed by atoms with van der Waals surface area (Å²) in [6, 6.07) is 0. The maximum Gasteiger partial charge on any atom is 0.0885 e. The van der Waals surface area contributed by atoms with Crippen molar-refractivity contribution in [3.05, 3.63) is 12.3 Å². The van der Waals surface area contributed by atoms with Crippen LogP contribution in [0.15, 0.2) is 12.3 Å². The van der Waals surface area contributed by atoms with Crippen LogP contribution in [0.2, 0.25) is 0 Å². The fourth-order valence-electron chi connectivity index (χ4n) is 5.46. The van der Waals surface area contributed by atoms with Gasteiger partial charge in [0.2, 0.25) is 0 Å². The largest absolute Gasteiger partial charge is 0.513 e. The molecule has 0 spiro atoms. The molecule has 3 nitrogen and oxygen atoms in total. The Morgan fingerprint density at radius 1 is 1.10 bits per heavy atom. The first-order valence-electron chi connectivity index (χ1n) is 12.4. The first-order chi connectivity index (χ1) is 13.9. The van der Waals surface area contributed by atoms with E-state index in [4.69, 9.17) is 9.47 Å². The van der Waals surface area contributed by atoms with Gasteiger partial charge in [-0.1, -0.05) is 60.0 Å². The van der Waals surface area contributed by atoms with Gasteiger partial charge in [-0.2, -0.15) is 0 Å². The van der Waals surface area contributed by atoms with E-state index >= 15 is 0 Å². The summed E-state index contributed by atoms with van der Waals surface area (Å²) in [4.78, 5) is 0. The Bertz CT molecular complexity index is 473. The van der Waals surface area contributed by atoms with Gasteiger partial charge in [-0.15, -0.1) is 0 Å². The van der Waals surface area contributed by atoms with E-state index in [0.29, 0.717) is 29.6 Å². The van der Waals surface area contributed by atoms with Crippen LogP contribution in [0.3, 0.4) is 0 Å². The van der Waals surface area contributed by atoms with Gasteiger partial charge >= 0.3 is 0 Å². The summed E-state index contributed by atoms with van der Waals surface area (Å²) in [7, 11) is 1.82. The van der Waals surface area contributed by atoms with E-state index in [1.807, 2.05) is 7.11 Å². The second kappa shape index (κ2) is 12.3. The van der Waals surface area contributed by atoms with Crippen LogP contribution in [-0.2, 0) is 9.47 Å². The highest BCUT2D eigenvalue weighted by Gasteiger charge is 2.39. The third-order valence-electron chi connectivity index (χ3n) is 8.26. The van der Waals surface area contributed by atoms with E-state index < -0.39 is 0 Å². The second-order valence-electron chi connectivity index (χ2n) is 10.3. The Balaban J connectivity index is 1.97. The fraction of sp³-hybridized carbons (Fsp3) is 0.923. The molecule has 2 fully saturated rings. The first-order valence-corrected chi connectivity index (χ1v) is 12.4. The molecule has 0 aromatic heterocycles. The number of rotatable bonds is 13. The van der Waals surface area contributed by atoms with Crippen LogP contribution < -0.4 is 0 Å². The molecule has 2 rings (SSSR count). The topological polar surface area (TPSA) is 38.7 Å². The molecule has 2 saturated carbocycles. The van der Waals surface area contributed by atoms with E-state index in [0.717, 1.165) is 44.1 Å². The Morgan fingerprint density at radius 2 is 1.83 bits per heavy atom. The van der Waals surface area contributed by atoms with E-state index in [1.165, 1.54) is 38.5 Å². The molecular formula is C26H48O3. The average molecular weight is 409 g/mol. The number of methoxy groups -OCH3 is 1. The van der Waals surface area contributed by atoms with E-state index in [9.17, 15) is 5.11 Å². The molecule has 0 aromatic carbocycles. The highest BCUT2D eigenvalue weighted by molar-refractivity contribution is 4.99. The highest BCUT2D eigenvalue weighted by atomic mass is 16.5. The van der Waals surface area contributed by atoms with Gasteiger partial charge in [-0.25, -0.2) is 0 Å². The van der Waals surface area contributed by atoms with Crippen LogP contribution in [0.1, 0.15) is 91.9 Å². The van der Waals surface area contributed by atoms with Crippen molar-refractivity contribution < 1.29 is 14.6 Å². The molecule has 0 amide bonds. The Hall–Kier alpha value is -0.540. The van der Waals surface area contributed by atoms with Crippen molar-refractivity contribution >= 4 is 0 Å². The monoisotopic (exact) mass is 408 g/mol. The minimum absolute atomic E-state index is 0.103. The summed E-state index contributed by atoms with van der Waals surface area (Å²) in [6.07, 6.45) is 12.5. The number of aliphatic hydroxyl groups excluding tert-OH is 1. The summed E-state index contributed by atoms with van der Waals surface area (Å²) in [5.41, 5.74) is 0. The zero-order valence-corrected chi connectivity index (χ0v) is 19.9. The Labute approximate surface area is 180 Å². The fourth-order valence-corrected chi connectivity index (χ4v) is 5.46. The molecule has 7 unspecified atom stereocenters. The highest BCUT2D eigenvalue weighted by Crippen LogP contribution is 2.41. The molecule has 0 heterocycles. The predicted molar refractivity (Wildman–Crippen MR) is 122 cm³/mol. The number of hydrogen-bond donors (Lipinski definition) is 1. The molecule has 170 valence electrons. The maximum atomic E-state index is 10.5. The second-order valence-corrected chi connectivity index (χ2v) is 10.3. The lowest BCUT2D eigenvalue weighted by atomic mass is 9.70. The van der Waals surface area contributed by atoms with Gasteiger partial charge in [-0.05, 0) is 68.1 Å². The minimum Gasteiger partial charge on any atom is -0.513 e. The van der Waals surface area contributed by atoms with Crippen LogP contribution in [0.25, 0.3) is 0 Å². The average Bonchev–Trinajstić information content (AvgIpc) is 2.67. The number of ether oxygens (including phenoxy) is 2. The van der Waals surface area contributed by atoms with Crippen LogP contribution >= 0.6 is 0 Å². The first kappa shape index (κ1) is 24.7. The maximum absolute atomic E-state index is 10.5. The molecule has 0 saturated heterocycles. The van der Waals surface area contributed by atoms with Crippen molar-refractivity contribution in [3.8, 4) is 0 Å². The zero-order valence-electron chi connectivity index (χ0n) is 19.9. The van der Waals surface area contributed by atoms with E-state index in [-0.39, 0.29) is 12.0 Å². The predicted octanol–water partition coefficient (Wildman–Crippen LogP) is 7.16. The molecule has 0 aromatic rings. The molecule has 2 aliphatic carbocycles. The summed E-state index contributed by atoms with van der Waals surface area (Å²) in [6.45, 7) is 14.3. The van der Waals surface area contributed by atoms with Gasteiger partial charge in [-0.3, -0.25) is 0 Å². The van der Waals surface area contributed by atoms with Gasteiger partial charge in [0.1, 0.15) is 0 Å². The normalized spacial score (nSPS) is 29.6. The lowest BCUT2D eigenvalue weighted by molar-refractivity contribution is -0.0786. The molecule has 2 aliphatic rings. The molecule has 0 bridgehead atoms. The number of aliphatic hydroxyl groups is 1. The Kier molecular flexibility index (Phi) is 10.5. The van der Waals surface area contributed by atoms with Crippen LogP contribution in [0.5, 0.6) is 0 Å². The quantitative estimate of drug-likeness (QED) is 0.328. The SMILES string of the molecule is C=C(O)C(CC(C)C(C)C(C)CCCC)C1CC(OCC2CCC2)CCC1OC. The van der Waals surface area contributed by atoms with Crippen LogP contribution in [0, 0.1) is 35.5 Å². The van der Waals surface area contributed by atoms with Crippen molar-refractivity contribution in [2.75, 3.05) is 13.7 Å². The van der Waals surface area contributed by atoms with E-state index in [1.54, 1.807) is 0 Å².